The summed E-state index contributed by atoms with van der Waals surface area (Å²) in [6.45, 7) is 1.06. The van der Waals surface area contributed by atoms with Crippen molar-refractivity contribution in [3.05, 3.63) is 22.7 Å². The quantitative estimate of drug-likeness (QED) is 0.854. The van der Waals surface area contributed by atoms with Crippen LogP contribution in [0.25, 0.3) is 0 Å². The average Bonchev–Trinajstić information content (AvgIpc) is 2.77. The minimum Gasteiger partial charge on any atom is -0.506 e. The van der Waals surface area contributed by atoms with Gasteiger partial charge in [-0.15, -0.1) is 0 Å². The maximum absolute atomic E-state index is 9.86. The van der Waals surface area contributed by atoms with Gasteiger partial charge in [0.15, 0.2) is 0 Å². The minimum absolute atomic E-state index is 0.177. The van der Waals surface area contributed by atoms with Crippen molar-refractivity contribution in [3.8, 4) is 11.5 Å². The van der Waals surface area contributed by atoms with E-state index in [0.717, 1.165) is 24.9 Å². The molecule has 3 nitrogen and oxygen atoms in total. The van der Waals surface area contributed by atoms with Crippen LogP contribution in [-0.4, -0.2) is 24.8 Å². The molecule has 4 heteroatoms. The van der Waals surface area contributed by atoms with Crippen molar-refractivity contribution in [1.82, 2.24) is 5.32 Å². The van der Waals surface area contributed by atoms with Crippen LogP contribution in [0.4, 0.5) is 0 Å². The van der Waals surface area contributed by atoms with Gasteiger partial charge >= 0.3 is 0 Å². The average molecular weight is 242 g/mol. The maximum atomic E-state index is 9.86. The van der Waals surface area contributed by atoms with E-state index >= 15 is 0 Å². The summed E-state index contributed by atoms with van der Waals surface area (Å²) in [7, 11) is 1.60. The van der Waals surface area contributed by atoms with Gasteiger partial charge in [-0.05, 0) is 31.9 Å². The van der Waals surface area contributed by atoms with Gasteiger partial charge in [0.05, 0.1) is 12.1 Å². The van der Waals surface area contributed by atoms with E-state index < -0.39 is 0 Å². The van der Waals surface area contributed by atoms with Crippen LogP contribution in [0.1, 0.15) is 18.4 Å². The molecular weight excluding hydrogens is 226 g/mol. The van der Waals surface area contributed by atoms with Crippen molar-refractivity contribution >= 4 is 11.6 Å². The Kier molecular flexibility index (Phi) is 3.56. The molecule has 0 radical (unpaired) electrons. The van der Waals surface area contributed by atoms with Crippen LogP contribution in [0.15, 0.2) is 12.1 Å². The van der Waals surface area contributed by atoms with Crippen molar-refractivity contribution in [2.75, 3.05) is 13.7 Å². The molecule has 0 aliphatic carbocycles. The fourth-order valence-electron chi connectivity index (χ4n) is 2.10. The molecule has 0 aromatic heterocycles. The van der Waals surface area contributed by atoms with E-state index in [-0.39, 0.29) is 5.75 Å². The number of hydrogen-bond donors (Lipinski definition) is 2. The van der Waals surface area contributed by atoms with Crippen molar-refractivity contribution in [3.63, 3.8) is 0 Å². The fraction of sp³-hybridized carbons (Fsp3) is 0.500. The molecule has 0 bridgehead atoms. The zero-order valence-corrected chi connectivity index (χ0v) is 10.0. The second-order valence-corrected chi connectivity index (χ2v) is 4.52. The van der Waals surface area contributed by atoms with Crippen LogP contribution in [0.3, 0.4) is 0 Å². The van der Waals surface area contributed by atoms with Crippen LogP contribution in [0.5, 0.6) is 11.5 Å². The molecule has 0 saturated carbocycles. The summed E-state index contributed by atoms with van der Waals surface area (Å²) in [4.78, 5) is 0. The summed E-state index contributed by atoms with van der Waals surface area (Å²) in [5.74, 6) is 0.868. The van der Waals surface area contributed by atoms with E-state index in [9.17, 15) is 5.11 Å². The Labute approximate surface area is 100 Å². The van der Waals surface area contributed by atoms with Gasteiger partial charge in [0, 0.05) is 17.7 Å². The monoisotopic (exact) mass is 241 g/mol. The number of rotatable bonds is 3. The van der Waals surface area contributed by atoms with E-state index in [4.69, 9.17) is 16.3 Å². The first-order chi connectivity index (χ1) is 7.70. The Morgan fingerprint density at radius 2 is 2.38 bits per heavy atom. The molecule has 1 heterocycles. The highest BCUT2D eigenvalue weighted by Gasteiger charge is 2.18. The predicted octanol–water partition coefficient (Wildman–Crippen LogP) is 2.35. The van der Waals surface area contributed by atoms with E-state index in [1.165, 1.54) is 6.42 Å². The highest BCUT2D eigenvalue weighted by Crippen LogP contribution is 2.33. The third kappa shape index (κ3) is 2.42. The van der Waals surface area contributed by atoms with Crippen LogP contribution < -0.4 is 10.1 Å². The number of nitrogens with one attached hydrogen (secondary N) is 1. The number of phenols is 1. The molecule has 1 unspecified atom stereocenters. The normalized spacial score (nSPS) is 20.0. The van der Waals surface area contributed by atoms with Gasteiger partial charge in [-0.3, -0.25) is 0 Å². The lowest BCUT2D eigenvalue weighted by Gasteiger charge is -2.13. The second kappa shape index (κ2) is 4.93. The first kappa shape index (κ1) is 11.6. The van der Waals surface area contributed by atoms with Gasteiger partial charge in [-0.2, -0.15) is 0 Å². The third-order valence-electron chi connectivity index (χ3n) is 2.98. The molecule has 1 saturated heterocycles. The summed E-state index contributed by atoms with van der Waals surface area (Å²) in [6.07, 6.45) is 3.14. The van der Waals surface area contributed by atoms with E-state index in [0.29, 0.717) is 16.8 Å². The molecule has 0 spiro atoms. The number of aromatic hydroxyl groups is 1. The lowest BCUT2D eigenvalue weighted by atomic mass is 10.0. The lowest BCUT2D eigenvalue weighted by molar-refractivity contribution is 0.410. The first-order valence-corrected chi connectivity index (χ1v) is 5.87. The molecule has 2 rings (SSSR count). The molecule has 1 atom stereocenters. The molecule has 1 aromatic carbocycles. The number of ether oxygens (including phenoxy) is 1. The summed E-state index contributed by atoms with van der Waals surface area (Å²) < 4.78 is 5.14. The highest BCUT2D eigenvalue weighted by molar-refractivity contribution is 6.32. The minimum atomic E-state index is 0.177. The Balaban J connectivity index is 2.20. The molecule has 1 fully saturated rings. The van der Waals surface area contributed by atoms with E-state index in [1.807, 2.05) is 6.07 Å². The molecule has 1 aliphatic heterocycles. The second-order valence-electron chi connectivity index (χ2n) is 4.11. The van der Waals surface area contributed by atoms with Crippen LogP contribution in [-0.2, 0) is 6.42 Å². The molecule has 88 valence electrons. The number of phenolic OH excluding ortho intramolecular Hbond substituents is 1. The van der Waals surface area contributed by atoms with Crippen LogP contribution in [0, 0.1) is 0 Å². The Morgan fingerprint density at radius 1 is 1.56 bits per heavy atom. The van der Waals surface area contributed by atoms with Crippen molar-refractivity contribution in [1.29, 1.82) is 0 Å². The van der Waals surface area contributed by atoms with Gasteiger partial charge in [-0.1, -0.05) is 11.6 Å². The third-order valence-corrected chi connectivity index (χ3v) is 3.27. The maximum Gasteiger partial charge on any atom is 0.137 e. The van der Waals surface area contributed by atoms with Gasteiger partial charge in [0.25, 0.3) is 0 Å². The molecule has 16 heavy (non-hydrogen) atoms. The van der Waals surface area contributed by atoms with E-state index in [1.54, 1.807) is 13.2 Å². The summed E-state index contributed by atoms with van der Waals surface area (Å²) in [6, 6.07) is 3.91. The van der Waals surface area contributed by atoms with Gasteiger partial charge in [-0.25, -0.2) is 0 Å². The van der Waals surface area contributed by atoms with Gasteiger partial charge in [0.1, 0.15) is 11.5 Å². The first-order valence-electron chi connectivity index (χ1n) is 5.49. The molecule has 1 aromatic rings. The largest absolute Gasteiger partial charge is 0.506 e. The Bertz CT molecular complexity index is 376. The van der Waals surface area contributed by atoms with Gasteiger partial charge in [0.2, 0.25) is 0 Å². The van der Waals surface area contributed by atoms with Crippen molar-refractivity contribution < 1.29 is 9.84 Å². The molecule has 0 amide bonds. The smallest absolute Gasteiger partial charge is 0.137 e. The Hall–Kier alpha value is -0.930. The summed E-state index contributed by atoms with van der Waals surface area (Å²) in [5, 5.41) is 13.6. The van der Waals surface area contributed by atoms with Crippen molar-refractivity contribution in [2.45, 2.75) is 25.3 Å². The summed E-state index contributed by atoms with van der Waals surface area (Å²) >= 11 is 5.93. The number of hydrogen-bond acceptors (Lipinski definition) is 3. The SMILES string of the molecule is COc1cc(Cl)c(O)c(CC2CCCN2)c1. The number of benzene rings is 1. The van der Waals surface area contributed by atoms with Gasteiger partial charge < -0.3 is 15.2 Å². The summed E-state index contributed by atoms with van der Waals surface area (Å²) in [5.41, 5.74) is 0.851. The van der Waals surface area contributed by atoms with E-state index in [2.05, 4.69) is 5.32 Å². The topological polar surface area (TPSA) is 41.5 Å². The number of methoxy groups -OCH3 is 1. The van der Waals surface area contributed by atoms with Crippen molar-refractivity contribution in [2.24, 2.45) is 0 Å². The standard InChI is InChI=1S/C12H16ClNO2/c1-16-10-6-8(12(15)11(13)7-10)5-9-3-2-4-14-9/h6-7,9,14-15H,2-5H2,1H3. The Morgan fingerprint density at radius 3 is 3.00 bits per heavy atom. The zero-order valence-electron chi connectivity index (χ0n) is 9.29. The zero-order chi connectivity index (χ0) is 11.5. The molecule has 2 N–H and O–H groups in total. The van der Waals surface area contributed by atoms with Crippen LogP contribution in [0.2, 0.25) is 5.02 Å². The lowest BCUT2D eigenvalue weighted by Crippen LogP contribution is -2.23. The predicted molar refractivity (Wildman–Crippen MR) is 64.4 cm³/mol. The molecular formula is C12H16ClNO2. The highest BCUT2D eigenvalue weighted by atomic mass is 35.5. The fourth-order valence-corrected chi connectivity index (χ4v) is 2.33. The molecule has 1 aliphatic rings. The number of halogens is 1. The van der Waals surface area contributed by atoms with Crippen LogP contribution >= 0.6 is 11.6 Å².